The van der Waals surface area contributed by atoms with Crippen molar-refractivity contribution in [3.05, 3.63) is 0 Å². The molecule has 104 valence electrons. The topological polar surface area (TPSA) is 69.6 Å². The molecule has 1 saturated heterocycles. The number of amides is 1. The Morgan fingerprint density at radius 3 is 2.44 bits per heavy atom. The summed E-state index contributed by atoms with van der Waals surface area (Å²) in [5, 5.41) is 11.4. The van der Waals surface area contributed by atoms with Crippen LogP contribution in [0, 0.1) is 0 Å². The Balaban J connectivity index is 2.05. The molecule has 1 fully saturated rings. The lowest BCUT2D eigenvalue weighted by molar-refractivity contribution is -0.137. The maximum atomic E-state index is 11.6. The molecule has 0 radical (unpaired) electrons. The Hall–Kier alpha value is -1.10. The van der Waals surface area contributed by atoms with Crippen molar-refractivity contribution in [2.24, 2.45) is 0 Å². The Kier molecular flexibility index (Phi) is 6.72. The van der Waals surface area contributed by atoms with Crippen molar-refractivity contribution in [2.45, 2.75) is 51.5 Å². The van der Waals surface area contributed by atoms with Crippen molar-refractivity contribution in [2.75, 3.05) is 19.6 Å². The molecule has 0 aromatic heterocycles. The van der Waals surface area contributed by atoms with Gasteiger partial charge in [-0.25, -0.2) is 0 Å². The molecule has 5 nitrogen and oxygen atoms in total. The predicted octanol–water partition coefficient (Wildman–Crippen LogP) is 1.23. The van der Waals surface area contributed by atoms with E-state index in [-0.39, 0.29) is 18.4 Å². The van der Waals surface area contributed by atoms with Gasteiger partial charge in [-0.15, -0.1) is 0 Å². The molecule has 5 heteroatoms. The van der Waals surface area contributed by atoms with Gasteiger partial charge < -0.3 is 15.3 Å². The fraction of sp³-hybridized carbons (Fsp3) is 0.846. The van der Waals surface area contributed by atoms with E-state index in [1.807, 2.05) is 6.92 Å². The van der Waals surface area contributed by atoms with Gasteiger partial charge in [0.05, 0.1) is 0 Å². The van der Waals surface area contributed by atoms with Gasteiger partial charge in [-0.1, -0.05) is 0 Å². The summed E-state index contributed by atoms with van der Waals surface area (Å²) < 4.78 is 0. The molecule has 0 aliphatic carbocycles. The average molecular weight is 256 g/mol. The molecule has 0 spiro atoms. The van der Waals surface area contributed by atoms with Crippen LogP contribution in [-0.2, 0) is 9.59 Å². The lowest BCUT2D eigenvalue weighted by Crippen LogP contribution is -2.40. The number of unbranched alkanes of at least 4 members (excludes halogenated alkanes) is 1. The Morgan fingerprint density at radius 1 is 1.22 bits per heavy atom. The lowest BCUT2D eigenvalue weighted by Gasteiger charge is -2.21. The Labute approximate surface area is 109 Å². The van der Waals surface area contributed by atoms with Gasteiger partial charge in [-0.05, 0) is 45.7 Å². The van der Waals surface area contributed by atoms with E-state index in [1.165, 1.54) is 12.8 Å². The number of carbonyl (C=O) groups excluding carboxylic acids is 1. The van der Waals surface area contributed by atoms with Gasteiger partial charge >= 0.3 is 5.97 Å². The highest BCUT2D eigenvalue weighted by Crippen LogP contribution is 2.07. The molecule has 1 amide bonds. The largest absolute Gasteiger partial charge is 0.481 e. The van der Waals surface area contributed by atoms with Crippen LogP contribution in [0.5, 0.6) is 0 Å². The van der Waals surface area contributed by atoms with Gasteiger partial charge in [0.15, 0.2) is 0 Å². The van der Waals surface area contributed by atoms with Crippen LogP contribution in [0.15, 0.2) is 0 Å². The van der Waals surface area contributed by atoms with Crippen LogP contribution in [0.25, 0.3) is 0 Å². The lowest BCUT2D eigenvalue weighted by atomic mass is 10.2. The second-order valence-electron chi connectivity index (χ2n) is 5.08. The fourth-order valence-electron chi connectivity index (χ4n) is 2.31. The highest BCUT2D eigenvalue weighted by Gasteiger charge is 2.15. The van der Waals surface area contributed by atoms with Gasteiger partial charge in [0.2, 0.25) is 5.91 Å². The highest BCUT2D eigenvalue weighted by molar-refractivity contribution is 5.76. The molecule has 1 aliphatic rings. The van der Waals surface area contributed by atoms with E-state index in [4.69, 9.17) is 5.11 Å². The van der Waals surface area contributed by atoms with Crippen molar-refractivity contribution in [1.29, 1.82) is 0 Å². The molecular weight excluding hydrogens is 232 g/mol. The second-order valence-corrected chi connectivity index (χ2v) is 5.08. The first-order valence-electron chi connectivity index (χ1n) is 6.81. The fourth-order valence-corrected chi connectivity index (χ4v) is 2.31. The molecule has 1 atom stereocenters. The summed E-state index contributed by atoms with van der Waals surface area (Å²) in [6, 6.07) is 0.176. The summed E-state index contributed by atoms with van der Waals surface area (Å²) >= 11 is 0. The monoisotopic (exact) mass is 256 g/mol. The van der Waals surface area contributed by atoms with E-state index in [1.54, 1.807) is 0 Å². The zero-order valence-corrected chi connectivity index (χ0v) is 11.2. The summed E-state index contributed by atoms with van der Waals surface area (Å²) in [6.07, 6.45) is 4.32. The first kappa shape index (κ1) is 15.0. The Bertz CT molecular complexity index is 275. The van der Waals surface area contributed by atoms with E-state index in [9.17, 15) is 9.59 Å². The molecule has 0 bridgehead atoms. The minimum atomic E-state index is -0.794. The number of hydrogen-bond acceptors (Lipinski definition) is 3. The number of likely N-dealkylation sites (tertiary alicyclic amines) is 1. The van der Waals surface area contributed by atoms with Crippen LogP contribution in [-0.4, -0.2) is 47.6 Å². The van der Waals surface area contributed by atoms with Crippen LogP contribution >= 0.6 is 0 Å². The van der Waals surface area contributed by atoms with E-state index < -0.39 is 5.97 Å². The van der Waals surface area contributed by atoms with Crippen molar-refractivity contribution < 1.29 is 14.7 Å². The molecule has 1 aliphatic heterocycles. The molecular formula is C13H24N2O3. The smallest absolute Gasteiger partial charge is 0.303 e. The summed E-state index contributed by atoms with van der Waals surface area (Å²) in [6.45, 7) is 5.21. The zero-order chi connectivity index (χ0) is 13.4. The average Bonchev–Trinajstić information content (AvgIpc) is 2.76. The van der Waals surface area contributed by atoms with Crippen LogP contribution in [0.4, 0.5) is 0 Å². The van der Waals surface area contributed by atoms with Crippen molar-refractivity contribution in [3.63, 3.8) is 0 Å². The third-order valence-electron chi connectivity index (χ3n) is 3.18. The third-order valence-corrected chi connectivity index (χ3v) is 3.18. The molecule has 2 N–H and O–H groups in total. The number of rotatable bonds is 8. The van der Waals surface area contributed by atoms with Gasteiger partial charge in [0.25, 0.3) is 0 Å². The van der Waals surface area contributed by atoms with Gasteiger partial charge in [-0.2, -0.15) is 0 Å². The SMILES string of the molecule is CC(CN1CCCC1)NC(=O)CCCCC(=O)O. The van der Waals surface area contributed by atoms with Gasteiger partial charge in [0, 0.05) is 25.4 Å². The van der Waals surface area contributed by atoms with E-state index in [0.717, 1.165) is 19.6 Å². The number of carboxylic acid groups (broad SMARTS) is 1. The van der Waals surface area contributed by atoms with Crippen LogP contribution < -0.4 is 5.32 Å². The highest BCUT2D eigenvalue weighted by atomic mass is 16.4. The number of hydrogen-bond donors (Lipinski definition) is 2. The third kappa shape index (κ3) is 6.59. The van der Waals surface area contributed by atoms with Crippen LogP contribution in [0.1, 0.15) is 45.4 Å². The Morgan fingerprint density at radius 2 is 1.83 bits per heavy atom. The van der Waals surface area contributed by atoms with E-state index >= 15 is 0 Å². The normalized spacial score (nSPS) is 17.6. The number of carbonyl (C=O) groups is 2. The predicted molar refractivity (Wildman–Crippen MR) is 69.4 cm³/mol. The quantitative estimate of drug-likeness (QED) is 0.641. The molecule has 1 heterocycles. The maximum absolute atomic E-state index is 11.6. The molecule has 18 heavy (non-hydrogen) atoms. The van der Waals surface area contributed by atoms with E-state index in [0.29, 0.717) is 19.3 Å². The maximum Gasteiger partial charge on any atom is 0.303 e. The molecule has 1 rings (SSSR count). The van der Waals surface area contributed by atoms with Gasteiger partial charge in [-0.3, -0.25) is 9.59 Å². The summed E-state index contributed by atoms with van der Waals surface area (Å²) in [7, 11) is 0. The summed E-state index contributed by atoms with van der Waals surface area (Å²) in [5.74, 6) is -0.759. The number of carboxylic acids is 1. The molecule has 0 saturated carbocycles. The molecule has 0 aromatic carbocycles. The molecule has 0 aromatic rings. The standard InChI is InChI=1S/C13H24N2O3/c1-11(10-15-8-4-5-9-15)14-12(16)6-2-3-7-13(17)18/h11H,2-10H2,1H3,(H,14,16)(H,17,18). The van der Waals surface area contributed by atoms with Crippen LogP contribution in [0.3, 0.4) is 0 Å². The first-order chi connectivity index (χ1) is 8.58. The summed E-state index contributed by atoms with van der Waals surface area (Å²) in [4.78, 5) is 24.3. The summed E-state index contributed by atoms with van der Waals surface area (Å²) in [5.41, 5.74) is 0. The first-order valence-corrected chi connectivity index (χ1v) is 6.81. The number of nitrogens with zero attached hydrogens (tertiary/aromatic N) is 1. The van der Waals surface area contributed by atoms with Crippen molar-refractivity contribution in [3.8, 4) is 0 Å². The second kappa shape index (κ2) is 8.08. The number of nitrogens with one attached hydrogen (secondary N) is 1. The van der Waals surface area contributed by atoms with Gasteiger partial charge in [0.1, 0.15) is 0 Å². The van der Waals surface area contributed by atoms with E-state index in [2.05, 4.69) is 10.2 Å². The minimum absolute atomic E-state index is 0.0343. The molecule has 1 unspecified atom stereocenters. The minimum Gasteiger partial charge on any atom is -0.481 e. The van der Waals surface area contributed by atoms with Crippen molar-refractivity contribution >= 4 is 11.9 Å². The van der Waals surface area contributed by atoms with Crippen LogP contribution in [0.2, 0.25) is 0 Å². The zero-order valence-electron chi connectivity index (χ0n) is 11.2. The number of aliphatic carboxylic acids is 1. The van der Waals surface area contributed by atoms with Crippen molar-refractivity contribution in [1.82, 2.24) is 10.2 Å².